The molecule has 1 atom stereocenters. The topological polar surface area (TPSA) is 58.2 Å². The number of anilines is 1. The van der Waals surface area contributed by atoms with Crippen molar-refractivity contribution in [2.24, 2.45) is 0 Å². The fourth-order valence-electron chi connectivity index (χ4n) is 2.53. The predicted molar refractivity (Wildman–Crippen MR) is 96.1 cm³/mol. The maximum absolute atomic E-state index is 12.2. The van der Waals surface area contributed by atoms with Gasteiger partial charge in [0.2, 0.25) is 10.0 Å². The smallest absolute Gasteiger partial charge is 0.216 e. The van der Waals surface area contributed by atoms with E-state index in [1.165, 1.54) is 0 Å². The van der Waals surface area contributed by atoms with Gasteiger partial charge in [-0.2, -0.15) is 0 Å². The summed E-state index contributed by atoms with van der Waals surface area (Å²) in [6.07, 6.45) is 0. The third kappa shape index (κ3) is 5.37. The monoisotopic (exact) mass is 332 g/mol. The number of hydrogen-bond acceptors (Lipinski definition) is 3. The van der Waals surface area contributed by atoms with Crippen molar-refractivity contribution in [2.45, 2.75) is 32.6 Å². The van der Waals surface area contributed by atoms with E-state index in [1.54, 1.807) is 0 Å². The molecule has 2 N–H and O–H groups in total. The molecule has 0 aliphatic rings. The lowest BCUT2D eigenvalue weighted by atomic mass is 10.1. The van der Waals surface area contributed by atoms with Crippen LogP contribution in [-0.2, 0) is 15.8 Å². The van der Waals surface area contributed by atoms with Crippen molar-refractivity contribution in [1.82, 2.24) is 4.72 Å². The Morgan fingerprint density at radius 1 is 0.957 bits per heavy atom. The van der Waals surface area contributed by atoms with Crippen LogP contribution in [0, 0.1) is 13.8 Å². The molecular weight excluding hydrogens is 308 g/mol. The Morgan fingerprint density at radius 2 is 1.57 bits per heavy atom. The fraction of sp³-hybridized carbons (Fsp3) is 0.333. The van der Waals surface area contributed by atoms with E-state index in [4.69, 9.17) is 0 Å². The maximum Gasteiger partial charge on any atom is 0.216 e. The Hall–Kier alpha value is -1.85. The predicted octanol–water partition coefficient (Wildman–Crippen LogP) is 3.22. The lowest BCUT2D eigenvalue weighted by Crippen LogP contribution is -2.38. The zero-order chi connectivity index (χ0) is 16.9. The highest BCUT2D eigenvalue weighted by Gasteiger charge is 2.15. The second-order valence-electron chi connectivity index (χ2n) is 5.91. The average molecular weight is 332 g/mol. The molecule has 1 unspecified atom stereocenters. The van der Waals surface area contributed by atoms with Gasteiger partial charge in [-0.3, -0.25) is 0 Å². The number of benzene rings is 2. The van der Waals surface area contributed by atoms with Crippen LogP contribution in [0.15, 0.2) is 48.5 Å². The standard InChI is InChI=1S/C18H24N2O2S/c1-14-8-7-9-15(2)18(14)19-12-16(3)20-23(21,22)13-17-10-5-4-6-11-17/h4-11,16,19-20H,12-13H2,1-3H3. The molecule has 0 radical (unpaired) electrons. The van der Waals surface area contributed by atoms with Crippen LogP contribution in [0.25, 0.3) is 0 Å². The molecule has 2 rings (SSSR count). The average Bonchev–Trinajstić information content (AvgIpc) is 2.46. The summed E-state index contributed by atoms with van der Waals surface area (Å²) in [6, 6.07) is 15.1. The molecule has 0 amide bonds. The number of sulfonamides is 1. The van der Waals surface area contributed by atoms with Crippen LogP contribution in [0.2, 0.25) is 0 Å². The molecule has 0 spiro atoms. The SMILES string of the molecule is Cc1cccc(C)c1NCC(C)NS(=O)(=O)Cc1ccccc1. The van der Waals surface area contributed by atoms with Crippen molar-refractivity contribution >= 4 is 15.7 Å². The van der Waals surface area contributed by atoms with Gasteiger partial charge in [0.25, 0.3) is 0 Å². The van der Waals surface area contributed by atoms with Gasteiger partial charge in [0.1, 0.15) is 0 Å². The van der Waals surface area contributed by atoms with E-state index in [1.807, 2.05) is 69.3 Å². The second kappa shape index (κ2) is 7.62. The maximum atomic E-state index is 12.2. The Kier molecular flexibility index (Phi) is 5.80. The van der Waals surface area contributed by atoms with Gasteiger partial charge in [-0.1, -0.05) is 48.5 Å². The normalized spacial score (nSPS) is 12.8. The van der Waals surface area contributed by atoms with Crippen LogP contribution in [0.3, 0.4) is 0 Å². The van der Waals surface area contributed by atoms with E-state index in [9.17, 15) is 8.42 Å². The van der Waals surface area contributed by atoms with Crippen LogP contribution in [0.4, 0.5) is 5.69 Å². The van der Waals surface area contributed by atoms with Gasteiger partial charge in [0, 0.05) is 18.3 Å². The molecule has 0 fully saturated rings. The number of rotatable bonds is 7. The van der Waals surface area contributed by atoms with E-state index in [-0.39, 0.29) is 11.8 Å². The quantitative estimate of drug-likeness (QED) is 0.818. The summed E-state index contributed by atoms with van der Waals surface area (Å²) >= 11 is 0. The van der Waals surface area contributed by atoms with Crippen molar-refractivity contribution in [3.05, 3.63) is 65.2 Å². The highest BCUT2D eigenvalue weighted by molar-refractivity contribution is 7.88. The molecule has 0 bridgehead atoms. The Labute approximate surface area is 139 Å². The first-order chi connectivity index (χ1) is 10.9. The minimum Gasteiger partial charge on any atom is -0.383 e. The molecule has 4 nitrogen and oxygen atoms in total. The minimum atomic E-state index is -3.35. The van der Waals surface area contributed by atoms with Crippen molar-refractivity contribution in [3.63, 3.8) is 0 Å². The highest BCUT2D eigenvalue weighted by Crippen LogP contribution is 2.19. The number of para-hydroxylation sites is 1. The van der Waals surface area contributed by atoms with E-state index in [0.29, 0.717) is 6.54 Å². The number of aryl methyl sites for hydroxylation is 2. The fourth-order valence-corrected chi connectivity index (χ4v) is 3.94. The molecule has 5 heteroatoms. The van der Waals surface area contributed by atoms with Gasteiger partial charge >= 0.3 is 0 Å². The minimum absolute atomic E-state index is 0.00156. The van der Waals surface area contributed by atoms with Gasteiger partial charge in [0.15, 0.2) is 0 Å². The van der Waals surface area contributed by atoms with Gasteiger partial charge in [-0.25, -0.2) is 13.1 Å². The molecule has 23 heavy (non-hydrogen) atoms. The van der Waals surface area contributed by atoms with Crippen LogP contribution >= 0.6 is 0 Å². The van der Waals surface area contributed by atoms with E-state index >= 15 is 0 Å². The summed E-state index contributed by atoms with van der Waals surface area (Å²) in [5.41, 5.74) is 4.17. The van der Waals surface area contributed by atoms with E-state index in [2.05, 4.69) is 10.0 Å². The molecular formula is C18H24N2O2S. The summed E-state index contributed by atoms with van der Waals surface area (Å²) in [5.74, 6) is 0.00156. The Bertz CT molecular complexity index is 723. The first-order valence-electron chi connectivity index (χ1n) is 7.71. The second-order valence-corrected chi connectivity index (χ2v) is 7.67. The van der Waals surface area contributed by atoms with Crippen molar-refractivity contribution in [1.29, 1.82) is 0 Å². The summed E-state index contributed by atoms with van der Waals surface area (Å²) in [5, 5.41) is 3.34. The summed E-state index contributed by atoms with van der Waals surface area (Å²) in [6.45, 7) is 6.49. The number of nitrogens with one attached hydrogen (secondary N) is 2. The lowest BCUT2D eigenvalue weighted by Gasteiger charge is -2.18. The van der Waals surface area contributed by atoms with Crippen LogP contribution in [0.1, 0.15) is 23.6 Å². The lowest BCUT2D eigenvalue weighted by molar-refractivity contribution is 0.565. The molecule has 0 aliphatic heterocycles. The zero-order valence-corrected chi connectivity index (χ0v) is 14.7. The Balaban J connectivity index is 1.92. The van der Waals surface area contributed by atoms with Gasteiger partial charge in [-0.15, -0.1) is 0 Å². The molecule has 0 aromatic heterocycles. The van der Waals surface area contributed by atoms with Gasteiger partial charge < -0.3 is 5.32 Å². The molecule has 0 saturated carbocycles. The first-order valence-corrected chi connectivity index (χ1v) is 9.36. The third-order valence-electron chi connectivity index (χ3n) is 3.65. The summed E-state index contributed by atoms with van der Waals surface area (Å²) in [7, 11) is -3.35. The first kappa shape index (κ1) is 17.5. The summed E-state index contributed by atoms with van der Waals surface area (Å²) in [4.78, 5) is 0. The van der Waals surface area contributed by atoms with Crippen LogP contribution in [-0.4, -0.2) is 21.0 Å². The number of hydrogen-bond donors (Lipinski definition) is 2. The van der Waals surface area contributed by atoms with E-state index in [0.717, 1.165) is 22.4 Å². The molecule has 2 aromatic rings. The molecule has 0 heterocycles. The molecule has 2 aromatic carbocycles. The zero-order valence-electron chi connectivity index (χ0n) is 13.8. The van der Waals surface area contributed by atoms with Crippen molar-refractivity contribution in [3.8, 4) is 0 Å². The van der Waals surface area contributed by atoms with Crippen molar-refractivity contribution in [2.75, 3.05) is 11.9 Å². The van der Waals surface area contributed by atoms with Crippen LogP contribution < -0.4 is 10.0 Å². The highest BCUT2D eigenvalue weighted by atomic mass is 32.2. The molecule has 0 saturated heterocycles. The van der Waals surface area contributed by atoms with E-state index < -0.39 is 10.0 Å². The van der Waals surface area contributed by atoms with Gasteiger partial charge in [0.05, 0.1) is 5.75 Å². The molecule has 124 valence electrons. The Morgan fingerprint density at radius 3 is 2.17 bits per heavy atom. The van der Waals surface area contributed by atoms with Gasteiger partial charge in [-0.05, 0) is 37.5 Å². The van der Waals surface area contributed by atoms with Crippen molar-refractivity contribution < 1.29 is 8.42 Å². The largest absolute Gasteiger partial charge is 0.383 e. The molecule has 0 aliphatic carbocycles. The third-order valence-corrected chi connectivity index (χ3v) is 5.12. The summed E-state index contributed by atoms with van der Waals surface area (Å²) < 4.78 is 27.2. The van der Waals surface area contributed by atoms with Crippen LogP contribution in [0.5, 0.6) is 0 Å².